The number of rotatable bonds is 5. The van der Waals surface area contributed by atoms with Crippen LogP contribution in [0.2, 0.25) is 0 Å². The van der Waals surface area contributed by atoms with Crippen LogP contribution in [0.15, 0.2) is 24.8 Å². The Hall–Kier alpha value is -1.39. The molecule has 1 fully saturated rings. The lowest BCUT2D eigenvalue weighted by Gasteiger charge is -2.43. The third kappa shape index (κ3) is 3.09. The molecule has 1 atom stereocenters. The number of hydrogen-bond donors (Lipinski definition) is 1. The van der Waals surface area contributed by atoms with Crippen molar-refractivity contribution in [2.45, 2.75) is 71.5 Å². The Morgan fingerprint density at radius 1 is 1.38 bits per heavy atom. The molecule has 0 radical (unpaired) electrons. The van der Waals surface area contributed by atoms with E-state index in [1.807, 2.05) is 12.5 Å². The fourth-order valence-electron chi connectivity index (χ4n) is 4.14. The van der Waals surface area contributed by atoms with Gasteiger partial charge >= 0.3 is 0 Å². The van der Waals surface area contributed by atoms with Crippen molar-refractivity contribution in [2.75, 3.05) is 6.61 Å². The van der Waals surface area contributed by atoms with Gasteiger partial charge in [0.25, 0.3) is 0 Å². The Bertz CT molecular complexity index is 684. The molecule has 1 N–H and O–H groups in total. The smallest absolute Gasteiger partial charge is 0.0992 e. The van der Waals surface area contributed by atoms with Gasteiger partial charge in [0, 0.05) is 18.4 Å². The summed E-state index contributed by atoms with van der Waals surface area (Å²) in [4.78, 5) is 4.35. The van der Waals surface area contributed by atoms with E-state index < -0.39 is 0 Å². The average molecular weight is 330 g/mol. The Morgan fingerprint density at radius 2 is 2.08 bits per heavy atom. The van der Waals surface area contributed by atoms with Crippen LogP contribution in [0.5, 0.6) is 0 Å². The van der Waals surface area contributed by atoms with E-state index in [2.05, 4.69) is 49.3 Å². The number of ether oxygens (including phenoxy) is 1. The SMILES string of the molecule is CCO[C@@H](c1c(C(C)C)ccn2cncc12)[C@]1(C)CC[C@H](O)CC1. The van der Waals surface area contributed by atoms with E-state index in [9.17, 15) is 5.11 Å². The zero-order valence-corrected chi connectivity index (χ0v) is 15.3. The highest BCUT2D eigenvalue weighted by Crippen LogP contribution is 2.50. The van der Waals surface area contributed by atoms with Gasteiger partial charge in [0.15, 0.2) is 0 Å². The molecule has 132 valence electrons. The molecule has 4 nitrogen and oxygen atoms in total. The minimum absolute atomic E-state index is 0.0350. The molecule has 3 rings (SSSR count). The van der Waals surface area contributed by atoms with Crippen LogP contribution in [-0.4, -0.2) is 27.2 Å². The number of aromatic nitrogens is 2. The summed E-state index contributed by atoms with van der Waals surface area (Å²) in [6.45, 7) is 9.56. The van der Waals surface area contributed by atoms with Crippen LogP contribution in [0.25, 0.3) is 5.52 Å². The van der Waals surface area contributed by atoms with E-state index in [0.717, 1.165) is 31.2 Å². The van der Waals surface area contributed by atoms with E-state index >= 15 is 0 Å². The van der Waals surface area contributed by atoms with Gasteiger partial charge in [-0.3, -0.25) is 0 Å². The largest absolute Gasteiger partial charge is 0.393 e. The molecule has 1 saturated carbocycles. The fraction of sp³-hybridized carbons (Fsp3) is 0.650. The second kappa shape index (κ2) is 6.85. The maximum Gasteiger partial charge on any atom is 0.0992 e. The van der Waals surface area contributed by atoms with Crippen molar-refractivity contribution < 1.29 is 9.84 Å². The lowest BCUT2D eigenvalue weighted by atomic mass is 9.68. The van der Waals surface area contributed by atoms with Crippen molar-refractivity contribution in [1.29, 1.82) is 0 Å². The van der Waals surface area contributed by atoms with Gasteiger partial charge in [0.1, 0.15) is 0 Å². The van der Waals surface area contributed by atoms with Gasteiger partial charge in [-0.25, -0.2) is 4.98 Å². The predicted molar refractivity (Wildman–Crippen MR) is 96.2 cm³/mol. The van der Waals surface area contributed by atoms with E-state index in [-0.39, 0.29) is 17.6 Å². The van der Waals surface area contributed by atoms with Crippen LogP contribution in [0, 0.1) is 5.41 Å². The Kier molecular flexibility index (Phi) is 4.97. The molecule has 0 saturated heterocycles. The second-order valence-corrected chi connectivity index (χ2v) is 7.75. The number of hydrogen-bond acceptors (Lipinski definition) is 3. The molecule has 24 heavy (non-hydrogen) atoms. The number of fused-ring (bicyclic) bond motifs is 1. The maximum atomic E-state index is 9.95. The standard InChI is InChI=1S/C20H30N2O2/c1-5-24-19(20(4)9-6-15(23)7-10-20)18-16(14(2)3)8-11-22-13-21-12-17(18)22/h8,11-15,19,23H,5-7,9-10H2,1-4H3/t15-,19-,20+/m0/s1. The summed E-state index contributed by atoms with van der Waals surface area (Å²) >= 11 is 0. The molecule has 2 heterocycles. The van der Waals surface area contributed by atoms with Gasteiger partial charge in [-0.1, -0.05) is 20.8 Å². The number of imidazole rings is 1. The van der Waals surface area contributed by atoms with E-state index in [1.165, 1.54) is 11.1 Å². The molecule has 0 aliphatic heterocycles. The third-order valence-corrected chi connectivity index (χ3v) is 5.62. The summed E-state index contributed by atoms with van der Waals surface area (Å²) in [5.74, 6) is 0.431. The Labute approximate surface area is 144 Å². The van der Waals surface area contributed by atoms with Crippen LogP contribution in [0.1, 0.15) is 76.5 Å². The fourth-order valence-corrected chi connectivity index (χ4v) is 4.14. The molecule has 2 aromatic heterocycles. The van der Waals surface area contributed by atoms with Crippen molar-refractivity contribution in [1.82, 2.24) is 9.38 Å². The van der Waals surface area contributed by atoms with E-state index in [4.69, 9.17) is 4.74 Å². The summed E-state index contributed by atoms with van der Waals surface area (Å²) in [7, 11) is 0. The molecular formula is C20H30N2O2. The monoisotopic (exact) mass is 330 g/mol. The first-order valence-corrected chi connectivity index (χ1v) is 9.20. The van der Waals surface area contributed by atoms with Gasteiger partial charge in [0.2, 0.25) is 0 Å². The molecule has 4 heteroatoms. The lowest BCUT2D eigenvalue weighted by Crippen LogP contribution is -2.35. The normalized spacial score (nSPS) is 26.2. The van der Waals surface area contributed by atoms with Crippen molar-refractivity contribution in [3.63, 3.8) is 0 Å². The van der Waals surface area contributed by atoms with Gasteiger partial charge in [0.05, 0.1) is 30.2 Å². The molecular weight excluding hydrogens is 300 g/mol. The minimum atomic E-state index is -0.157. The van der Waals surface area contributed by atoms with Gasteiger partial charge in [-0.15, -0.1) is 0 Å². The summed E-state index contributed by atoms with van der Waals surface area (Å²) < 4.78 is 8.44. The molecule has 0 spiro atoms. The molecule has 2 aromatic rings. The average Bonchev–Trinajstić information content (AvgIpc) is 3.03. The zero-order valence-electron chi connectivity index (χ0n) is 15.3. The Balaban J connectivity index is 2.13. The first-order valence-electron chi connectivity index (χ1n) is 9.20. The molecule has 0 aromatic carbocycles. The number of aliphatic hydroxyl groups is 1. The number of pyridine rings is 1. The first kappa shape index (κ1) is 17.4. The highest BCUT2D eigenvalue weighted by Gasteiger charge is 2.41. The lowest BCUT2D eigenvalue weighted by molar-refractivity contribution is -0.0644. The maximum absolute atomic E-state index is 9.95. The van der Waals surface area contributed by atoms with Crippen LogP contribution in [-0.2, 0) is 4.74 Å². The van der Waals surface area contributed by atoms with Gasteiger partial charge in [-0.05, 0) is 55.6 Å². The molecule has 1 aliphatic rings. The van der Waals surface area contributed by atoms with Gasteiger partial charge in [-0.2, -0.15) is 0 Å². The number of nitrogens with zero attached hydrogens (tertiary/aromatic N) is 2. The summed E-state index contributed by atoms with van der Waals surface area (Å²) in [6, 6.07) is 2.21. The topological polar surface area (TPSA) is 46.8 Å². The first-order chi connectivity index (χ1) is 11.5. The minimum Gasteiger partial charge on any atom is -0.393 e. The van der Waals surface area contributed by atoms with Crippen LogP contribution in [0.4, 0.5) is 0 Å². The van der Waals surface area contributed by atoms with Crippen molar-refractivity contribution >= 4 is 5.52 Å². The van der Waals surface area contributed by atoms with Crippen molar-refractivity contribution in [3.8, 4) is 0 Å². The molecule has 0 bridgehead atoms. The van der Waals surface area contributed by atoms with Crippen LogP contribution in [0.3, 0.4) is 0 Å². The third-order valence-electron chi connectivity index (χ3n) is 5.62. The Morgan fingerprint density at radius 3 is 2.71 bits per heavy atom. The molecule has 0 amide bonds. The highest BCUT2D eigenvalue weighted by molar-refractivity contribution is 5.59. The van der Waals surface area contributed by atoms with Crippen molar-refractivity contribution in [3.05, 3.63) is 35.9 Å². The predicted octanol–water partition coefficient (Wildman–Crippen LogP) is 4.48. The summed E-state index contributed by atoms with van der Waals surface area (Å²) in [5.41, 5.74) is 3.82. The van der Waals surface area contributed by atoms with Gasteiger partial charge < -0.3 is 14.2 Å². The molecule has 0 unspecified atom stereocenters. The quantitative estimate of drug-likeness (QED) is 0.879. The van der Waals surface area contributed by atoms with Crippen LogP contribution < -0.4 is 0 Å². The summed E-state index contributed by atoms with van der Waals surface area (Å²) in [5, 5.41) is 9.95. The summed E-state index contributed by atoms with van der Waals surface area (Å²) in [6.07, 6.45) is 9.49. The second-order valence-electron chi connectivity index (χ2n) is 7.75. The zero-order chi connectivity index (χ0) is 17.3. The number of aliphatic hydroxyl groups excluding tert-OH is 1. The van der Waals surface area contributed by atoms with Crippen molar-refractivity contribution in [2.24, 2.45) is 5.41 Å². The molecule has 1 aliphatic carbocycles. The van der Waals surface area contributed by atoms with Crippen LogP contribution >= 0.6 is 0 Å². The van der Waals surface area contributed by atoms with E-state index in [0.29, 0.717) is 12.5 Å². The highest BCUT2D eigenvalue weighted by atomic mass is 16.5. The van der Waals surface area contributed by atoms with E-state index in [1.54, 1.807) is 0 Å².